The van der Waals surface area contributed by atoms with Crippen molar-refractivity contribution in [3.8, 4) is 5.75 Å². The number of thiazole rings is 1. The molecule has 0 radical (unpaired) electrons. The van der Waals surface area contributed by atoms with E-state index in [9.17, 15) is 19.2 Å². The fraction of sp³-hybridized carbons (Fsp3) is 0.294. The predicted molar refractivity (Wildman–Crippen MR) is 185 cm³/mol. The Morgan fingerprint density at radius 1 is 0.978 bits per heavy atom. The number of carbonyl (C=O) groups excluding carboxylic acids is 3. The number of hydrogen-bond acceptors (Lipinski definition) is 7. The third-order valence-electron chi connectivity index (χ3n) is 9.78. The summed E-state index contributed by atoms with van der Waals surface area (Å²) in [6.07, 6.45) is 0.780. The molecule has 2 aliphatic heterocycles. The topological polar surface area (TPSA) is 109 Å². The summed E-state index contributed by atoms with van der Waals surface area (Å²) in [4.78, 5) is 58.9. The summed E-state index contributed by atoms with van der Waals surface area (Å²) in [6, 6.07) is 20.6. The molecule has 12 heteroatoms. The van der Waals surface area contributed by atoms with Crippen LogP contribution >= 0.6 is 55.0 Å². The van der Waals surface area contributed by atoms with Crippen LogP contribution in [0.4, 0.5) is 11.4 Å². The number of anilines is 2. The lowest BCUT2D eigenvalue weighted by atomic mass is 9.68. The lowest BCUT2D eigenvalue weighted by Crippen LogP contribution is -2.42. The van der Waals surface area contributed by atoms with E-state index in [1.54, 1.807) is 23.9 Å². The molecular weight excluding hydrogens is 754 g/mol. The van der Waals surface area contributed by atoms with Crippen LogP contribution in [-0.4, -0.2) is 34.6 Å². The lowest BCUT2D eigenvalue weighted by molar-refractivity contribution is -0.123. The van der Waals surface area contributed by atoms with Crippen LogP contribution in [0.3, 0.4) is 0 Å². The summed E-state index contributed by atoms with van der Waals surface area (Å²) in [5, 5.41) is 3.75. The van der Waals surface area contributed by atoms with Gasteiger partial charge in [0, 0.05) is 36.2 Å². The molecule has 3 heterocycles. The van der Waals surface area contributed by atoms with E-state index in [0.717, 1.165) is 36.4 Å². The van der Waals surface area contributed by atoms with Gasteiger partial charge in [-0.2, -0.15) is 0 Å². The van der Waals surface area contributed by atoms with Gasteiger partial charge in [0.15, 0.2) is 6.61 Å². The van der Waals surface area contributed by atoms with E-state index < -0.39 is 5.92 Å². The number of carbonyl (C=O) groups is 3. The number of nitrogens with zero attached hydrogens (tertiary/aromatic N) is 1. The molecule has 2 bridgehead atoms. The largest absolute Gasteiger partial charge is 0.483 e. The highest BCUT2D eigenvalue weighted by Gasteiger charge is 2.69. The molecule has 0 spiro atoms. The Morgan fingerprint density at radius 3 is 2.48 bits per heavy atom. The fourth-order valence-electron chi connectivity index (χ4n) is 8.17. The number of rotatable bonds is 6. The number of aryl methyl sites for hydroxylation is 1. The van der Waals surface area contributed by atoms with Gasteiger partial charge in [0.2, 0.25) is 11.8 Å². The highest BCUT2D eigenvalue weighted by molar-refractivity contribution is 9.10. The van der Waals surface area contributed by atoms with Gasteiger partial charge in [-0.25, -0.2) is 0 Å². The average Bonchev–Trinajstić information content (AvgIpc) is 3.76. The number of fused-ring (bicyclic) bond motifs is 9. The molecule has 0 unspecified atom stereocenters. The van der Waals surface area contributed by atoms with Crippen molar-refractivity contribution in [1.29, 1.82) is 0 Å². The second-order valence-electron chi connectivity index (χ2n) is 12.3. The van der Waals surface area contributed by atoms with Crippen molar-refractivity contribution in [2.75, 3.05) is 16.8 Å². The second kappa shape index (κ2) is 11.5. The summed E-state index contributed by atoms with van der Waals surface area (Å²) < 4.78 is 7.93. The highest BCUT2D eigenvalue weighted by Crippen LogP contribution is 2.69. The highest BCUT2D eigenvalue weighted by atomic mass is 79.9. The van der Waals surface area contributed by atoms with Crippen molar-refractivity contribution in [1.82, 2.24) is 4.98 Å². The van der Waals surface area contributed by atoms with Crippen LogP contribution in [0, 0.1) is 36.5 Å². The monoisotopic (exact) mass is 779 g/mol. The molecule has 1 aromatic heterocycles. The first-order valence-corrected chi connectivity index (χ1v) is 18.3. The zero-order chi connectivity index (χ0) is 31.9. The molecule has 2 saturated carbocycles. The molecule has 1 saturated heterocycles. The van der Waals surface area contributed by atoms with Gasteiger partial charge in [-0.3, -0.25) is 24.1 Å². The fourth-order valence-corrected chi connectivity index (χ4v) is 11.7. The molecule has 4 aromatic rings. The summed E-state index contributed by atoms with van der Waals surface area (Å²) in [5.74, 6) is -1.11. The van der Waals surface area contributed by atoms with Gasteiger partial charge < -0.3 is 15.0 Å². The number of amides is 3. The molecule has 8 rings (SSSR count). The molecular formula is C34H27Br2N3O5S2. The molecule has 3 amide bonds. The maximum Gasteiger partial charge on any atom is 0.305 e. The molecule has 46 heavy (non-hydrogen) atoms. The molecule has 8 nitrogen and oxygen atoms in total. The third kappa shape index (κ3) is 4.91. The van der Waals surface area contributed by atoms with Crippen LogP contribution in [0.25, 0.3) is 0 Å². The van der Waals surface area contributed by atoms with Crippen LogP contribution in [0.15, 0.2) is 85.5 Å². The molecule has 7 atom stereocenters. The van der Waals surface area contributed by atoms with Crippen LogP contribution in [0.2, 0.25) is 0 Å². The standard InChI is InChI=1S/C34H27Br2N3O5S2/c1-15-3-2-4-18(11-15)37-24(40)14-44-23-10-7-17(36)12-20(23)25-26-21-13-22(29(26)45-31-30(25)46-34(43)38-31)28-27(21)32(41)39(33(28)42)19-8-5-16(35)6-9-19/h2-12,21-22,25-29H,13-14H2,1H3,(H,37,40)(H,38,43)/t21-,22-,25+,26-,27+,28+,29-/m1/s1. The smallest absolute Gasteiger partial charge is 0.305 e. The minimum Gasteiger partial charge on any atom is -0.483 e. The van der Waals surface area contributed by atoms with Crippen molar-refractivity contribution in [2.45, 2.75) is 29.5 Å². The van der Waals surface area contributed by atoms with E-state index in [4.69, 9.17) is 4.74 Å². The number of ether oxygens (including phenoxy) is 1. The summed E-state index contributed by atoms with van der Waals surface area (Å²) in [5.41, 5.74) is 3.18. The number of thioether (sulfide) groups is 1. The number of nitrogens with one attached hydrogen (secondary N) is 2. The number of H-pyrrole nitrogens is 1. The molecule has 3 fully saturated rings. The first-order valence-electron chi connectivity index (χ1n) is 15.0. The van der Waals surface area contributed by atoms with E-state index in [2.05, 4.69) is 42.2 Å². The maximum atomic E-state index is 14.1. The van der Waals surface area contributed by atoms with E-state index >= 15 is 0 Å². The van der Waals surface area contributed by atoms with Gasteiger partial charge in [-0.1, -0.05) is 55.3 Å². The Morgan fingerprint density at radius 2 is 1.72 bits per heavy atom. The van der Waals surface area contributed by atoms with Gasteiger partial charge in [-0.15, -0.1) is 11.8 Å². The number of imide groups is 1. The zero-order valence-electron chi connectivity index (χ0n) is 24.4. The molecule has 3 aromatic carbocycles. The Hall–Kier alpha value is -3.19. The normalized spacial score (nSPS) is 27.4. The number of hydrogen-bond donors (Lipinski definition) is 2. The Balaban J connectivity index is 1.14. The Labute approximate surface area is 289 Å². The third-order valence-corrected chi connectivity index (χ3v) is 13.4. The quantitative estimate of drug-likeness (QED) is 0.205. The molecule has 4 aliphatic rings. The van der Waals surface area contributed by atoms with Gasteiger partial charge in [0.25, 0.3) is 5.91 Å². The van der Waals surface area contributed by atoms with Crippen molar-refractivity contribution < 1.29 is 19.1 Å². The minimum absolute atomic E-state index is 0.00224. The number of benzene rings is 3. The van der Waals surface area contributed by atoms with Gasteiger partial charge in [0.05, 0.1) is 22.5 Å². The minimum atomic E-state index is -0.417. The number of aromatic nitrogens is 1. The first-order chi connectivity index (χ1) is 22.2. The second-order valence-corrected chi connectivity index (χ2v) is 16.4. The van der Waals surface area contributed by atoms with Crippen molar-refractivity contribution in [2.24, 2.45) is 29.6 Å². The Kier molecular flexibility index (Phi) is 7.54. The summed E-state index contributed by atoms with van der Waals surface area (Å²) in [6.45, 7) is 1.77. The summed E-state index contributed by atoms with van der Waals surface area (Å²) in [7, 11) is 0. The molecule has 234 valence electrons. The van der Waals surface area contributed by atoms with Crippen LogP contribution in [0.1, 0.15) is 28.3 Å². The van der Waals surface area contributed by atoms with E-state index in [1.165, 1.54) is 16.2 Å². The van der Waals surface area contributed by atoms with Gasteiger partial charge >= 0.3 is 4.87 Å². The zero-order valence-corrected chi connectivity index (χ0v) is 29.2. The van der Waals surface area contributed by atoms with Crippen LogP contribution < -0.4 is 19.8 Å². The van der Waals surface area contributed by atoms with E-state index in [0.29, 0.717) is 17.1 Å². The van der Waals surface area contributed by atoms with E-state index in [1.807, 2.05) is 61.5 Å². The average molecular weight is 782 g/mol. The predicted octanol–water partition coefficient (Wildman–Crippen LogP) is 6.97. The van der Waals surface area contributed by atoms with Crippen molar-refractivity contribution in [3.05, 3.63) is 101 Å². The SMILES string of the molecule is Cc1cccc(NC(=O)COc2ccc(Br)cc2[C@@H]2c3sc(=O)[nH]c3S[C@@H]3[C@@H]4C[C@@H]([C@@H]5C(=O)N(c6ccc(Br)cc6)C(=O)[C@@H]45)[C@H]23)c1. The molecule has 2 N–H and O–H groups in total. The number of aromatic amines is 1. The lowest BCUT2D eigenvalue weighted by Gasteiger charge is -2.43. The Bertz CT molecular complexity index is 1980. The maximum absolute atomic E-state index is 14.1. The number of halogens is 2. The van der Waals surface area contributed by atoms with Crippen LogP contribution in [0.5, 0.6) is 5.75 Å². The van der Waals surface area contributed by atoms with Crippen molar-refractivity contribution in [3.63, 3.8) is 0 Å². The van der Waals surface area contributed by atoms with E-state index in [-0.39, 0.29) is 64.0 Å². The van der Waals surface area contributed by atoms with Crippen molar-refractivity contribution >= 4 is 84.1 Å². The summed E-state index contributed by atoms with van der Waals surface area (Å²) >= 11 is 9.91. The van der Waals surface area contributed by atoms with Gasteiger partial charge in [0.1, 0.15) is 5.75 Å². The van der Waals surface area contributed by atoms with Crippen LogP contribution in [-0.2, 0) is 14.4 Å². The first kappa shape index (κ1) is 30.2. The molecule has 2 aliphatic carbocycles. The van der Waals surface area contributed by atoms with Gasteiger partial charge in [-0.05, 0) is 91.3 Å².